The van der Waals surface area contributed by atoms with Gasteiger partial charge in [-0.15, -0.1) is 0 Å². The Hall–Kier alpha value is -2.37. The third-order valence-corrected chi connectivity index (χ3v) is 2.53. The minimum Gasteiger partial charge on any atom is -0.485 e. The molecule has 0 aliphatic heterocycles. The van der Waals surface area contributed by atoms with E-state index in [2.05, 4.69) is 10.1 Å². The van der Waals surface area contributed by atoms with Crippen LogP contribution in [-0.4, -0.2) is 21.2 Å². The van der Waals surface area contributed by atoms with Crippen molar-refractivity contribution in [1.82, 2.24) is 10.1 Å². The Balaban J connectivity index is 2.12. The van der Waals surface area contributed by atoms with Crippen LogP contribution in [0.2, 0.25) is 0 Å². The monoisotopic (exact) mass is 262 g/mol. The fourth-order valence-electron chi connectivity index (χ4n) is 1.57. The topological polar surface area (TPSA) is 85.5 Å². The third kappa shape index (κ3) is 3.09. The summed E-state index contributed by atoms with van der Waals surface area (Å²) in [5.74, 6) is 0.191. The maximum Gasteiger partial charge on any atom is 0.339 e. The number of aromatic carboxylic acids is 1. The molecule has 0 aliphatic carbocycles. The molecule has 0 amide bonds. The Labute approximate surface area is 110 Å². The van der Waals surface area contributed by atoms with Crippen LogP contribution < -0.4 is 4.74 Å². The van der Waals surface area contributed by atoms with E-state index < -0.39 is 5.97 Å². The Kier molecular flexibility index (Phi) is 3.79. The average Bonchev–Trinajstić information content (AvgIpc) is 2.85. The van der Waals surface area contributed by atoms with E-state index in [0.717, 1.165) is 5.56 Å². The Morgan fingerprint density at radius 1 is 1.47 bits per heavy atom. The minimum absolute atomic E-state index is 0.0762. The molecule has 0 fully saturated rings. The largest absolute Gasteiger partial charge is 0.485 e. The van der Waals surface area contributed by atoms with Crippen molar-refractivity contribution in [3.05, 3.63) is 41.0 Å². The fourth-order valence-corrected chi connectivity index (χ4v) is 1.57. The summed E-state index contributed by atoms with van der Waals surface area (Å²) in [5.41, 5.74) is 0.983. The summed E-state index contributed by atoms with van der Waals surface area (Å²) in [6.07, 6.45) is 0.651. The number of rotatable bonds is 5. The van der Waals surface area contributed by atoms with Crippen molar-refractivity contribution < 1.29 is 19.2 Å². The van der Waals surface area contributed by atoms with Gasteiger partial charge in [-0.3, -0.25) is 0 Å². The minimum atomic E-state index is -1.03. The van der Waals surface area contributed by atoms with E-state index in [9.17, 15) is 4.79 Å². The summed E-state index contributed by atoms with van der Waals surface area (Å²) in [7, 11) is 0. The Morgan fingerprint density at radius 3 is 2.89 bits per heavy atom. The highest BCUT2D eigenvalue weighted by molar-refractivity contribution is 5.91. The number of carboxylic acid groups (broad SMARTS) is 1. The molecule has 0 radical (unpaired) electrons. The van der Waals surface area contributed by atoms with Crippen molar-refractivity contribution in [2.75, 3.05) is 0 Å². The van der Waals surface area contributed by atoms with Gasteiger partial charge in [0.25, 0.3) is 0 Å². The number of aromatic nitrogens is 2. The van der Waals surface area contributed by atoms with E-state index in [0.29, 0.717) is 23.9 Å². The Morgan fingerprint density at radius 2 is 2.26 bits per heavy atom. The molecule has 0 bridgehead atoms. The predicted molar refractivity (Wildman–Crippen MR) is 66.1 cm³/mol. The Bertz CT molecular complexity index is 592. The van der Waals surface area contributed by atoms with Crippen molar-refractivity contribution in [2.24, 2.45) is 0 Å². The first-order valence-corrected chi connectivity index (χ1v) is 5.88. The van der Waals surface area contributed by atoms with Crippen LogP contribution in [0.5, 0.6) is 5.75 Å². The van der Waals surface area contributed by atoms with Gasteiger partial charge in [-0.1, -0.05) is 23.7 Å². The zero-order valence-electron chi connectivity index (χ0n) is 10.7. The van der Waals surface area contributed by atoms with Crippen LogP contribution in [0.4, 0.5) is 0 Å². The normalized spacial score (nSPS) is 10.4. The summed E-state index contributed by atoms with van der Waals surface area (Å²) in [6, 6.07) is 4.97. The van der Waals surface area contributed by atoms with Crippen LogP contribution in [0.15, 0.2) is 22.7 Å². The quantitative estimate of drug-likeness (QED) is 0.889. The number of benzene rings is 1. The van der Waals surface area contributed by atoms with Crippen LogP contribution in [0.1, 0.15) is 34.6 Å². The molecule has 100 valence electrons. The van der Waals surface area contributed by atoms with Gasteiger partial charge in [0.15, 0.2) is 6.61 Å². The molecule has 0 spiro atoms. The number of aryl methyl sites for hydroxylation is 2. The van der Waals surface area contributed by atoms with E-state index in [1.807, 2.05) is 13.8 Å². The lowest BCUT2D eigenvalue weighted by Crippen LogP contribution is -2.04. The lowest BCUT2D eigenvalue weighted by Gasteiger charge is -2.07. The summed E-state index contributed by atoms with van der Waals surface area (Å²) in [4.78, 5) is 15.2. The molecule has 0 aliphatic rings. The lowest BCUT2D eigenvalue weighted by atomic mass is 10.1. The number of carbonyl (C=O) groups is 1. The van der Waals surface area contributed by atoms with E-state index in [4.69, 9.17) is 14.4 Å². The van der Waals surface area contributed by atoms with Gasteiger partial charge in [0.1, 0.15) is 11.3 Å². The second-order valence-corrected chi connectivity index (χ2v) is 4.05. The van der Waals surface area contributed by atoms with E-state index in [1.54, 1.807) is 18.2 Å². The van der Waals surface area contributed by atoms with Gasteiger partial charge in [-0.2, -0.15) is 4.98 Å². The first-order valence-electron chi connectivity index (χ1n) is 5.88. The molecule has 0 atom stereocenters. The van der Waals surface area contributed by atoms with Gasteiger partial charge in [-0.25, -0.2) is 4.79 Å². The van der Waals surface area contributed by atoms with Crippen LogP contribution in [0.25, 0.3) is 0 Å². The standard InChI is InChI=1S/C13H14N2O4/c1-3-12-14-11(15-19-12)7-18-10-5-4-8(2)6-9(10)13(16)17/h4-6H,3,7H2,1-2H3,(H,16,17). The molecule has 6 heteroatoms. The zero-order valence-corrected chi connectivity index (χ0v) is 10.7. The molecule has 0 unspecified atom stereocenters. The summed E-state index contributed by atoms with van der Waals surface area (Å²) in [6.45, 7) is 3.80. The molecule has 0 saturated heterocycles. The van der Waals surface area contributed by atoms with E-state index in [1.165, 1.54) is 0 Å². The van der Waals surface area contributed by atoms with Crippen molar-refractivity contribution in [3.8, 4) is 5.75 Å². The first kappa shape index (κ1) is 13.1. The van der Waals surface area contributed by atoms with Crippen molar-refractivity contribution >= 4 is 5.97 Å². The molecule has 2 aromatic rings. The van der Waals surface area contributed by atoms with E-state index in [-0.39, 0.29) is 12.2 Å². The van der Waals surface area contributed by atoms with Gasteiger partial charge >= 0.3 is 5.97 Å². The molecule has 6 nitrogen and oxygen atoms in total. The van der Waals surface area contributed by atoms with Crippen LogP contribution in [-0.2, 0) is 13.0 Å². The zero-order chi connectivity index (χ0) is 13.8. The van der Waals surface area contributed by atoms with Gasteiger partial charge in [-0.05, 0) is 19.1 Å². The summed E-state index contributed by atoms with van der Waals surface area (Å²) in [5, 5.41) is 12.8. The first-order chi connectivity index (χ1) is 9.10. The molecular weight excluding hydrogens is 248 g/mol. The number of hydrogen-bond acceptors (Lipinski definition) is 5. The van der Waals surface area contributed by atoms with Gasteiger partial charge < -0.3 is 14.4 Å². The van der Waals surface area contributed by atoms with Gasteiger partial charge in [0, 0.05) is 6.42 Å². The molecular formula is C13H14N2O4. The molecule has 1 aromatic heterocycles. The highest BCUT2D eigenvalue weighted by Gasteiger charge is 2.13. The number of nitrogens with zero attached hydrogens (tertiary/aromatic N) is 2. The lowest BCUT2D eigenvalue weighted by molar-refractivity contribution is 0.0691. The smallest absolute Gasteiger partial charge is 0.339 e. The SMILES string of the molecule is CCc1nc(COc2ccc(C)cc2C(=O)O)no1. The van der Waals surface area contributed by atoms with Crippen LogP contribution in [0.3, 0.4) is 0 Å². The van der Waals surface area contributed by atoms with Crippen molar-refractivity contribution in [3.63, 3.8) is 0 Å². The second-order valence-electron chi connectivity index (χ2n) is 4.05. The molecule has 2 rings (SSSR count). The molecule has 1 aromatic carbocycles. The van der Waals surface area contributed by atoms with E-state index >= 15 is 0 Å². The van der Waals surface area contributed by atoms with Gasteiger partial charge in [0.05, 0.1) is 0 Å². The molecule has 0 saturated carbocycles. The second kappa shape index (κ2) is 5.51. The molecule has 19 heavy (non-hydrogen) atoms. The van der Waals surface area contributed by atoms with Crippen LogP contribution in [0, 0.1) is 6.92 Å². The fraction of sp³-hybridized carbons (Fsp3) is 0.308. The van der Waals surface area contributed by atoms with Gasteiger partial charge in [0.2, 0.25) is 11.7 Å². The predicted octanol–water partition coefficient (Wildman–Crippen LogP) is 2.22. The number of carboxylic acids is 1. The number of ether oxygens (including phenoxy) is 1. The summed E-state index contributed by atoms with van der Waals surface area (Å²) < 4.78 is 10.4. The number of hydrogen-bond donors (Lipinski definition) is 1. The van der Waals surface area contributed by atoms with Crippen molar-refractivity contribution in [1.29, 1.82) is 0 Å². The summed E-state index contributed by atoms with van der Waals surface area (Å²) >= 11 is 0. The van der Waals surface area contributed by atoms with Crippen LogP contribution >= 0.6 is 0 Å². The van der Waals surface area contributed by atoms with Crippen molar-refractivity contribution in [2.45, 2.75) is 26.9 Å². The molecule has 1 heterocycles. The maximum absolute atomic E-state index is 11.1. The average molecular weight is 262 g/mol. The molecule has 1 N–H and O–H groups in total. The highest BCUT2D eigenvalue weighted by atomic mass is 16.5. The third-order valence-electron chi connectivity index (χ3n) is 2.53. The maximum atomic E-state index is 11.1. The highest BCUT2D eigenvalue weighted by Crippen LogP contribution is 2.20.